The molecule has 0 aliphatic heterocycles. The van der Waals surface area contributed by atoms with Crippen LogP contribution in [0.1, 0.15) is 36.0 Å². The summed E-state index contributed by atoms with van der Waals surface area (Å²) in [4.78, 5) is 13.9. The number of aliphatic hydroxyl groups is 1. The minimum atomic E-state index is 0.0726. The highest BCUT2D eigenvalue weighted by Crippen LogP contribution is 2.35. The molecule has 1 aliphatic rings. The average Bonchev–Trinajstić information content (AvgIpc) is 2.58. The molecular formula is C22H24O2S. The first kappa shape index (κ1) is 17.8. The standard InChI is InChI=1S/C22H24O2S/c1-15-7-9-18(10-8-15)25-12-11-17-13-20(23)22(21(24)14-17)19-6-4-3-5-16(19)2/h3-10,17,23H,11-14H2,1-2H3. The van der Waals surface area contributed by atoms with Crippen molar-refractivity contribution in [2.45, 2.75) is 38.0 Å². The number of hydrogen-bond acceptors (Lipinski definition) is 3. The second kappa shape index (κ2) is 7.92. The number of allylic oxidation sites excluding steroid dienone is 2. The van der Waals surface area contributed by atoms with Crippen molar-refractivity contribution in [2.75, 3.05) is 5.75 Å². The summed E-state index contributed by atoms with van der Waals surface area (Å²) >= 11 is 1.82. The second-order valence-electron chi connectivity index (χ2n) is 6.78. The number of carbonyl (C=O) groups is 1. The molecule has 0 heterocycles. The highest BCUT2D eigenvalue weighted by molar-refractivity contribution is 7.99. The van der Waals surface area contributed by atoms with Crippen molar-refractivity contribution in [3.8, 4) is 0 Å². The zero-order chi connectivity index (χ0) is 17.8. The number of aryl methyl sites for hydroxylation is 2. The Labute approximate surface area is 154 Å². The number of hydrogen-bond donors (Lipinski definition) is 1. The van der Waals surface area contributed by atoms with Gasteiger partial charge in [-0.25, -0.2) is 0 Å². The van der Waals surface area contributed by atoms with Gasteiger partial charge in [0.05, 0.1) is 5.57 Å². The van der Waals surface area contributed by atoms with Crippen molar-refractivity contribution in [1.29, 1.82) is 0 Å². The summed E-state index contributed by atoms with van der Waals surface area (Å²) in [5.41, 5.74) is 3.70. The molecule has 130 valence electrons. The van der Waals surface area contributed by atoms with Crippen molar-refractivity contribution in [1.82, 2.24) is 0 Å². The Kier molecular flexibility index (Phi) is 5.64. The van der Waals surface area contributed by atoms with Crippen LogP contribution in [0.15, 0.2) is 59.2 Å². The molecule has 25 heavy (non-hydrogen) atoms. The Morgan fingerprint density at radius 3 is 2.44 bits per heavy atom. The summed E-state index contributed by atoms with van der Waals surface area (Å²) in [5.74, 6) is 1.53. The normalized spacial score (nSPS) is 17.8. The molecule has 0 radical (unpaired) electrons. The van der Waals surface area contributed by atoms with Crippen LogP contribution >= 0.6 is 11.8 Å². The number of thioether (sulfide) groups is 1. The monoisotopic (exact) mass is 352 g/mol. The van der Waals surface area contributed by atoms with Gasteiger partial charge in [0.15, 0.2) is 5.78 Å². The highest BCUT2D eigenvalue weighted by Gasteiger charge is 2.28. The lowest BCUT2D eigenvalue weighted by Gasteiger charge is -2.24. The van der Waals surface area contributed by atoms with Crippen LogP contribution in [0.5, 0.6) is 0 Å². The maximum absolute atomic E-state index is 12.6. The van der Waals surface area contributed by atoms with E-state index in [0.29, 0.717) is 18.4 Å². The molecule has 0 saturated heterocycles. The molecule has 1 N–H and O–H groups in total. The zero-order valence-corrected chi connectivity index (χ0v) is 15.6. The van der Waals surface area contributed by atoms with Gasteiger partial charge in [0.1, 0.15) is 5.76 Å². The maximum atomic E-state index is 12.6. The lowest BCUT2D eigenvalue weighted by atomic mass is 9.82. The molecule has 2 nitrogen and oxygen atoms in total. The van der Waals surface area contributed by atoms with E-state index >= 15 is 0 Å². The first-order chi connectivity index (χ1) is 12.0. The first-order valence-corrected chi connectivity index (χ1v) is 9.74. The number of aliphatic hydroxyl groups excluding tert-OH is 1. The smallest absolute Gasteiger partial charge is 0.167 e. The molecule has 1 aliphatic carbocycles. The van der Waals surface area contributed by atoms with Crippen LogP contribution in [0.2, 0.25) is 0 Å². The van der Waals surface area contributed by atoms with Gasteiger partial charge in [0.25, 0.3) is 0 Å². The van der Waals surface area contributed by atoms with E-state index in [1.807, 2.05) is 43.0 Å². The second-order valence-corrected chi connectivity index (χ2v) is 7.95. The molecule has 0 amide bonds. The topological polar surface area (TPSA) is 37.3 Å². The Balaban J connectivity index is 1.63. The highest BCUT2D eigenvalue weighted by atomic mass is 32.2. The van der Waals surface area contributed by atoms with Crippen molar-refractivity contribution >= 4 is 23.1 Å². The fourth-order valence-electron chi connectivity index (χ4n) is 3.31. The van der Waals surface area contributed by atoms with Gasteiger partial charge in [-0.2, -0.15) is 0 Å². The van der Waals surface area contributed by atoms with Crippen molar-refractivity contribution < 1.29 is 9.90 Å². The summed E-state index contributed by atoms with van der Waals surface area (Å²) in [6.07, 6.45) is 2.07. The molecular weight excluding hydrogens is 328 g/mol. The predicted octanol–water partition coefficient (Wildman–Crippen LogP) is 5.73. The van der Waals surface area contributed by atoms with Crippen molar-refractivity contribution in [3.05, 3.63) is 71.0 Å². The fraction of sp³-hybridized carbons (Fsp3) is 0.318. The quantitative estimate of drug-likeness (QED) is 0.698. The molecule has 1 unspecified atom stereocenters. The minimum absolute atomic E-state index is 0.0726. The molecule has 0 aromatic heterocycles. The molecule has 0 bridgehead atoms. The Morgan fingerprint density at radius 1 is 1.04 bits per heavy atom. The average molecular weight is 352 g/mol. The minimum Gasteiger partial charge on any atom is -0.512 e. The number of ketones is 1. The largest absolute Gasteiger partial charge is 0.512 e. The van der Waals surface area contributed by atoms with Crippen LogP contribution < -0.4 is 0 Å². The summed E-state index contributed by atoms with van der Waals surface area (Å²) in [6, 6.07) is 16.3. The number of Topliss-reactive ketones (excluding diaryl/α,β-unsaturated/α-hetero) is 1. The van der Waals surface area contributed by atoms with Gasteiger partial charge >= 0.3 is 0 Å². The van der Waals surface area contributed by atoms with Crippen LogP contribution in [-0.4, -0.2) is 16.6 Å². The number of carbonyl (C=O) groups excluding carboxylic acids is 1. The van der Waals surface area contributed by atoms with E-state index in [1.165, 1.54) is 10.5 Å². The summed E-state index contributed by atoms with van der Waals surface area (Å²) in [5, 5.41) is 10.5. The third-order valence-corrected chi connectivity index (χ3v) is 5.80. The van der Waals surface area contributed by atoms with Crippen LogP contribution in [-0.2, 0) is 4.79 Å². The lowest BCUT2D eigenvalue weighted by Crippen LogP contribution is -2.19. The summed E-state index contributed by atoms with van der Waals surface area (Å²) < 4.78 is 0. The van der Waals surface area contributed by atoms with Crippen LogP contribution in [0.3, 0.4) is 0 Å². The van der Waals surface area contributed by atoms with E-state index in [0.717, 1.165) is 23.3 Å². The van der Waals surface area contributed by atoms with Crippen molar-refractivity contribution in [3.63, 3.8) is 0 Å². The van der Waals surface area contributed by atoms with Gasteiger partial charge in [0, 0.05) is 17.7 Å². The van der Waals surface area contributed by atoms with Gasteiger partial charge < -0.3 is 5.11 Å². The van der Waals surface area contributed by atoms with E-state index in [-0.39, 0.29) is 17.5 Å². The number of benzene rings is 2. The van der Waals surface area contributed by atoms with Gasteiger partial charge in [-0.3, -0.25) is 4.79 Å². The SMILES string of the molecule is Cc1ccc(SCCC2CC(=O)C(c3ccccc3C)=C(O)C2)cc1. The Bertz CT molecular complexity index is 790. The maximum Gasteiger partial charge on any atom is 0.167 e. The Morgan fingerprint density at radius 2 is 1.76 bits per heavy atom. The summed E-state index contributed by atoms with van der Waals surface area (Å²) in [7, 11) is 0. The first-order valence-electron chi connectivity index (χ1n) is 8.75. The van der Waals surface area contributed by atoms with E-state index in [2.05, 4.69) is 31.2 Å². The van der Waals surface area contributed by atoms with Crippen LogP contribution in [0.25, 0.3) is 5.57 Å². The molecule has 2 aromatic carbocycles. The summed E-state index contributed by atoms with van der Waals surface area (Å²) in [6.45, 7) is 4.07. The zero-order valence-electron chi connectivity index (χ0n) is 14.8. The molecule has 0 saturated carbocycles. The molecule has 0 spiro atoms. The van der Waals surface area contributed by atoms with E-state index in [1.54, 1.807) is 0 Å². The fourth-order valence-corrected chi connectivity index (χ4v) is 4.33. The van der Waals surface area contributed by atoms with E-state index < -0.39 is 0 Å². The molecule has 3 rings (SSSR count). The third-order valence-electron chi connectivity index (χ3n) is 4.75. The van der Waals surface area contributed by atoms with Gasteiger partial charge in [-0.05, 0) is 55.2 Å². The molecule has 0 fully saturated rings. The van der Waals surface area contributed by atoms with Gasteiger partial charge in [0.2, 0.25) is 0 Å². The van der Waals surface area contributed by atoms with Crippen LogP contribution in [0.4, 0.5) is 0 Å². The van der Waals surface area contributed by atoms with Crippen LogP contribution in [0, 0.1) is 19.8 Å². The molecule has 3 heteroatoms. The van der Waals surface area contributed by atoms with E-state index in [9.17, 15) is 9.90 Å². The molecule has 1 atom stereocenters. The van der Waals surface area contributed by atoms with E-state index in [4.69, 9.17) is 0 Å². The van der Waals surface area contributed by atoms with Gasteiger partial charge in [-0.15, -0.1) is 11.8 Å². The van der Waals surface area contributed by atoms with Gasteiger partial charge in [-0.1, -0.05) is 42.0 Å². The third kappa shape index (κ3) is 4.35. The molecule has 2 aromatic rings. The lowest BCUT2D eigenvalue weighted by molar-refractivity contribution is -0.115. The Hall–Kier alpha value is -2.00. The predicted molar refractivity (Wildman–Crippen MR) is 105 cm³/mol. The van der Waals surface area contributed by atoms with Crippen molar-refractivity contribution in [2.24, 2.45) is 5.92 Å². The number of rotatable bonds is 5.